The van der Waals surface area contributed by atoms with Gasteiger partial charge in [0.2, 0.25) is 5.76 Å². The Kier molecular flexibility index (Phi) is 10.6. The van der Waals surface area contributed by atoms with E-state index in [0.717, 1.165) is 23.6 Å². The first-order valence-corrected chi connectivity index (χ1v) is 10.8. The number of ether oxygens (including phenoxy) is 3. The molecule has 0 spiro atoms. The van der Waals surface area contributed by atoms with Gasteiger partial charge in [-0.3, -0.25) is 14.6 Å². The van der Waals surface area contributed by atoms with Crippen LogP contribution in [0.3, 0.4) is 0 Å². The number of halogens is 1. The van der Waals surface area contributed by atoms with Gasteiger partial charge in [-0.2, -0.15) is 0 Å². The van der Waals surface area contributed by atoms with Crippen LogP contribution in [0.2, 0.25) is 0 Å². The number of aliphatic imine (C=N–C) groups is 1. The van der Waals surface area contributed by atoms with Crippen LogP contribution in [-0.2, 0) is 28.6 Å². The van der Waals surface area contributed by atoms with Crippen molar-refractivity contribution in [1.82, 2.24) is 5.32 Å². The number of nitrogens with zero attached hydrogens (tertiary/aromatic N) is 1. The Morgan fingerprint density at radius 3 is 2.15 bits per heavy atom. The fourth-order valence-corrected chi connectivity index (χ4v) is 3.53. The van der Waals surface area contributed by atoms with Crippen molar-refractivity contribution in [3.8, 4) is 0 Å². The SMILES string of the molecule is C=N/C(C(=O)N[C@@H](C)C(=O)OC(C)C(C)c1c(C)cc(F)cc1C)=C(OC(C)=O)\C(=C/C)OC. The molecule has 0 radical (unpaired) electrons. The molecule has 0 bridgehead atoms. The second-order valence-electron chi connectivity index (χ2n) is 7.87. The standard InChI is InChI=1S/C25H33FN2O6/c1-10-20(32-9)23(34-18(7)29)22(27-8)24(30)28-16(5)25(31)33-17(6)15(4)21-13(2)11-19(26)12-14(21)3/h10-12,15-17H,8H2,1-7,9H3,(H,28,30)/b20-10+,23-22+/t15?,16-,17?/m0/s1. The van der Waals surface area contributed by atoms with Crippen LogP contribution in [0.5, 0.6) is 0 Å². The summed E-state index contributed by atoms with van der Waals surface area (Å²) in [5.74, 6) is -2.85. The molecule has 0 aliphatic rings. The number of methoxy groups -OCH3 is 1. The minimum absolute atomic E-state index is 0.0930. The number of carbonyl (C=O) groups is 3. The molecular formula is C25H33FN2O6. The van der Waals surface area contributed by atoms with Crippen LogP contribution in [0, 0.1) is 19.7 Å². The van der Waals surface area contributed by atoms with Crippen LogP contribution in [0.15, 0.2) is 40.4 Å². The van der Waals surface area contributed by atoms with Gasteiger partial charge in [0.05, 0.1) is 7.11 Å². The average Bonchev–Trinajstić information content (AvgIpc) is 2.73. The van der Waals surface area contributed by atoms with Crippen LogP contribution in [0.25, 0.3) is 0 Å². The smallest absolute Gasteiger partial charge is 0.328 e. The second-order valence-corrected chi connectivity index (χ2v) is 7.87. The minimum Gasteiger partial charge on any atom is -0.493 e. The number of carbonyl (C=O) groups excluding carboxylic acids is 3. The van der Waals surface area contributed by atoms with Gasteiger partial charge >= 0.3 is 11.9 Å². The molecule has 0 fully saturated rings. The molecular weight excluding hydrogens is 443 g/mol. The van der Waals surface area contributed by atoms with E-state index in [2.05, 4.69) is 17.0 Å². The minimum atomic E-state index is -1.05. The molecule has 0 aliphatic heterocycles. The van der Waals surface area contributed by atoms with Crippen molar-refractivity contribution in [1.29, 1.82) is 0 Å². The molecule has 0 saturated carbocycles. The number of benzene rings is 1. The van der Waals surface area contributed by atoms with Crippen LogP contribution in [0.4, 0.5) is 4.39 Å². The molecule has 1 aromatic carbocycles. The van der Waals surface area contributed by atoms with Crippen molar-refractivity contribution >= 4 is 24.6 Å². The Morgan fingerprint density at radius 2 is 1.71 bits per heavy atom. The maximum absolute atomic E-state index is 13.6. The monoisotopic (exact) mass is 476 g/mol. The average molecular weight is 477 g/mol. The van der Waals surface area contributed by atoms with E-state index in [4.69, 9.17) is 14.2 Å². The predicted octanol–water partition coefficient (Wildman–Crippen LogP) is 4.01. The predicted molar refractivity (Wildman–Crippen MR) is 127 cm³/mol. The van der Waals surface area contributed by atoms with Gasteiger partial charge in [-0.15, -0.1) is 0 Å². The van der Waals surface area contributed by atoms with E-state index in [1.807, 2.05) is 6.92 Å². The van der Waals surface area contributed by atoms with Gasteiger partial charge in [-0.05, 0) is 76.2 Å². The van der Waals surface area contributed by atoms with Gasteiger partial charge in [0, 0.05) is 12.8 Å². The normalized spacial score (nSPS) is 14.8. The maximum atomic E-state index is 13.6. The van der Waals surface area contributed by atoms with Gasteiger partial charge in [-0.25, -0.2) is 9.18 Å². The van der Waals surface area contributed by atoms with E-state index in [1.54, 1.807) is 27.7 Å². The number of rotatable bonds is 10. The van der Waals surface area contributed by atoms with E-state index < -0.39 is 30.0 Å². The van der Waals surface area contributed by atoms with E-state index >= 15 is 0 Å². The quantitative estimate of drug-likeness (QED) is 0.180. The highest BCUT2D eigenvalue weighted by Gasteiger charge is 2.28. The van der Waals surface area contributed by atoms with Gasteiger partial charge < -0.3 is 19.5 Å². The van der Waals surface area contributed by atoms with Crippen molar-refractivity contribution in [3.63, 3.8) is 0 Å². The Labute approximate surface area is 199 Å². The zero-order chi connectivity index (χ0) is 26.2. The lowest BCUT2D eigenvalue weighted by Crippen LogP contribution is -2.42. The number of nitrogens with one attached hydrogen (secondary N) is 1. The first-order valence-electron chi connectivity index (χ1n) is 10.8. The summed E-state index contributed by atoms with van der Waals surface area (Å²) in [6.07, 6.45) is 0.929. The van der Waals surface area contributed by atoms with E-state index in [0.29, 0.717) is 0 Å². The molecule has 2 unspecified atom stereocenters. The summed E-state index contributed by atoms with van der Waals surface area (Å²) in [7, 11) is 1.34. The molecule has 8 nitrogen and oxygen atoms in total. The molecule has 0 heterocycles. The topological polar surface area (TPSA) is 103 Å². The fourth-order valence-electron chi connectivity index (χ4n) is 3.53. The molecule has 34 heavy (non-hydrogen) atoms. The van der Waals surface area contributed by atoms with Gasteiger partial charge in [0.25, 0.3) is 5.91 Å². The zero-order valence-electron chi connectivity index (χ0n) is 20.9. The number of allylic oxidation sites excluding steroid dienone is 1. The van der Waals surface area contributed by atoms with Crippen molar-refractivity contribution in [2.24, 2.45) is 4.99 Å². The van der Waals surface area contributed by atoms with Gasteiger partial charge in [0.1, 0.15) is 18.0 Å². The molecule has 0 aromatic heterocycles. The third-order valence-electron chi connectivity index (χ3n) is 5.26. The maximum Gasteiger partial charge on any atom is 0.328 e. The summed E-state index contributed by atoms with van der Waals surface area (Å²) in [6, 6.07) is 1.82. The number of amides is 1. The molecule has 1 rings (SSSR count). The Bertz CT molecular complexity index is 992. The molecule has 186 valence electrons. The Hall–Kier alpha value is -3.49. The highest BCUT2D eigenvalue weighted by atomic mass is 19.1. The summed E-state index contributed by atoms with van der Waals surface area (Å²) in [4.78, 5) is 40.6. The molecule has 1 N–H and O–H groups in total. The third kappa shape index (κ3) is 7.26. The van der Waals surface area contributed by atoms with Crippen molar-refractivity contribution in [3.05, 3.63) is 57.9 Å². The summed E-state index contributed by atoms with van der Waals surface area (Å²) in [5.41, 5.74) is 2.08. The first-order chi connectivity index (χ1) is 15.9. The lowest BCUT2D eigenvalue weighted by atomic mass is 9.88. The summed E-state index contributed by atoms with van der Waals surface area (Å²) >= 11 is 0. The highest BCUT2D eigenvalue weighted by Crippen LogP contribution is 2.29. The van der Waals surface area contributed by atoms with Crippen LogP contribution in [-0.4, -0.2) is 43.8 Å². The first kappa shape index (κ1) is 28.5. The zero-order valence-corrected chi connectivity index (χ0v) is 20.9. The number of hydrogen-bond acceptors (Lipinski definition) is 7. The molecule has 9 heteroatoms. The van der Waals surface area contributed by atoms with Crippen LogP contribution >= 0.6 is 0 Å². The van der Waals surface area contributed by atoms with Crippen molar-refractivity contribution < 1.29 is 33.0 Å². The molecule has 3 atom stereocenters. The van der Waals surface area contributed by atoms with Gasteiger partial charge in [-0.1, -0.05) is 6.92 Å². The molecule has 1 aromatic rings. The second kappa shape index (κ2) is 12.7. The third-order valence-corrected chi connectivity index (χ3v) is 5.26. The highest BCUT2D eigenvalue weighted by molar-refractivity contribution is 5.97. The Balaban J connectivity index is 3.04. The van der Waals surface area contributed by atoms with Crippen LogP contribution in [0.1, 0.15) is 57.2 Å². The molecule has 0 saturated heterocycles. The summed E-state index contributed by atoms with van der Waals surface area (Å²) < 4.78 is 29.4. The summed E-state index contributed by atoms with van der Waals surface area (Å²) in [5, 5.41) is 2.47. The largest absolute Gasteiger partial charge is 0.493 e. The van der Waals surface area contributed by atoms with E-state index in [9.17, 15) is 18.8 Å². The number of aryl methyl sites for hydroxylation is 2. The van der Waals surface area contributed by atoms with Crippen LogP contribution < -0.4 is 5.32 Å². The molecule has 1 amide bonds. The van der Waals surface area contributed by atoms with E-state index in [1.165, 1.54) is 32.2 Å². The summed E-state index contributed by atoms with van der Waals surface area (Å²) in [6.45, 7) is 14.8. The number of hydrogen-bond donors (Lipinski definition) is 1. The lowest BCUT2D eigenvalue weighted by Gasteiger charge is -2.25. The Morgan fingerprint density at radius 1 is 1.15 bits per heavy atom. The van der Waals surface area contributed by atoms with Crippen molar-refractivity contribution in [2.45, 2.75) is 66.5 Å². The molecule has 0 aliphatic carbocycles. The number of esters is 2. The van der Waals surface area contributed by atoms with E-state index in [-0.39, 0.29) is 29.0 Å². The lowest BCUT2D eigenvalue weighted by molar-refractivity contribution is -0.152. The van der Waals surface area contributed by atoms with Gasteiger partial charge in [0.15, 0.2) is 11.5 Å². The fraction of sp³-hybridized carbons (Fsp3) is 0.440. The van der Waals surface area contributed by atoms with Crippen molar-refractivity contribution in [2.75, 3.05) is 7.11 Å².